The van der Waals surface area contributed by atoms with E-state index in [1.54, 1.807) is 0 Å². The van der Waals surface area contributed by atoms with Crippen LogP contribution in [-0.4, -0.2) is 13.1 Å². The normalized spacial score (nSPS) is 13.1. The van der Waals surface area contributed by atoms with Gasteiger partial charge in [-0.2, -0.15) is 0 Å². The number of benzene rings is 1. The largest absolute Gasteiger partial charge is 0.330 e. The van der Waals surface area contributed by atoms with E-state index in [0.29, 0.717) is 24.9 Å². The van der Waals surface area contributed by atoms with Crippen molar-refractivity contribution in [2.24, 2.45) is 23.3 Å². The Morgan fingerprint density at radius 2 is 1.69 bits per heavy atom. The second kappa shape index (κ2) is 6.02. The summed E-state index contributed by atoms with van der Waals surface area (Å²) in [6, 6.07) is 6.68. The van der Waals surface area contributed by atoms with Crippen molar-refractivity contribution in [3.05, 3.63) is 34.9 Å². The van der Waals surface area contributed by atoms with Crippen LogP contribution in [0.3, 0.4) is 0 Å². The first-order chi connectivity index (χ1) is 7.58. The summed E-state index contributed by atoms with van der Waals surface area (Å²) in [6.45, 7) is 7.91. The molecule has 2 nitrogen and oxygen atoms in total. The number of hydrogen-bond acceptors (Lipinski definition) is 2. The fourth-order valence-corrected chi connectivity index (χ4v) is 2.03. The minimum Gasteiger partial charge on any atom is -0.330 e. The molecule has 4 N–H and O–H groups in total. The van der Waals surface area contributed by atoms with E-state index in [2.05, 4.69) is 39.0 Å². The molecule has 90 valence electrons. The first-order valence-electron chi connectivity index (χ1n) is 6.04. The first kappa shape index (κ1) is 13.2. The lowest BCUT2D eigenvalue weighted by molar-refractivity contribution is 0.372. The quantitative estimate of drug-likeness (QED) is 0.797. The molecular weight excluding hydrogens is 196 g/mol. The zero-order valence-corrected chi connectivity index (χ0v) is 10.7. The molecule has 0 bridgehead atoms. The summed E-state index contributed by atoms with van der Waals surface area (Å²) in [5, 5.41) is 0. The van der Waals surface area contributed by atoms with Gasteiger partial charge in [-0.3, -0.25) is 0 Å². The Morgan fingerprint density at radius 1 is 1.06 bits per heavy atom. The van der Waals surface area contributed by atoms with E-state index in [-0.39, 0.29) is 0 Å². The van der Waals surface area contributed by atoms with Crippen LogP contribution in [0.4, 0.5) is 0 Å². The minimum absolute atomic E-state index is 0.432. The Hall–Kier alpha value is -0.860. The second-order valence-corrected chi connectivity index (χ2v) is 4.83. The first-order valence-corrected chi connectivity index (χ1v) is 6.04. The Kier molecular flexibility index (Phi) is 4.97. The van der Waals surface area contributed by atoms with Gasteiger partial charge in [0, 0.05) is 0 Å². The number of aryl methyl sites for hydroxylation is 2. The van der Waals surface area contributed by atoms with Crippen molar-refractivity contribution < 1.29 is 0 Å². The van der Waals surface area contributed by atoms with E-state index in [0.717, 1.165) is 6.42 Å². The summed E-state index contributed by atoms with van der Waals surface area (Å²) in [6.07, 6.45) is 1.07. The molecule has 0 spiro atoms. The zero-order chi connectivity index (χ0) is 12.1. The topological polar surface area (TPSA) is 52.0 Å². The standard InChI is InChI=1S/C14H24N2/c1-10-4-5-13(6-11(10)2)7-12(3)14(8-15)9-16/h4-6,12,14H,7-9,15-16H2,1-3H3. The molecule has 0 aliphatic rings. The molecule has 0 aromatic heterocycles. The molecule has 0 aliphatic heterocycles. The maximum Gasteiger partial charge on any atom is -0.00341 e. The van der Waals surface area contributed by atoms with Crippen molar-refractivity contribution in [2.75, 3.05) is 13.1 Å². The van der Waals surface area contributed by atoms with E-state index < -0.39 is 0 Å². The van der Waals surface area contributed by atoms with E-state index in [4.69, 9.17) is 11.5 Å². The molecule has 2 heteroatoms. The van der Waals surface area contributed by atoms with E-state index >= 15 is 0 Å². The van der Waals surface area contributed by atoms with Crippen molar-refractivity contribution in [1.82, 2.24) is 0 Å². The SMILES string of the molecule is Cc1ccc(CC(C)C(CN)CN)cc1C. The van der Waals surface area contributed by atoms with Gasteiger partial charge in [0.15, 0.2) is 0 Å². The molecular formula is C14H24N2. The van der Waals surface area contributed by atoms with Crippen molar-refractivity contribution in [3.8, 4) is 0 Å². The third kappa shape index (κ3) is 3.32. The summed E-state index contributed by atoms with van der Waals surface area (Å²) in [7, 11) is 0. The summed E-state index contributed by atoms with van der Waals surface area (Å²) >= 11 is 0. The zero-order valence-electron chi connectivity index (χ0n) is 10.7. The Balaban J connectivity index is 2.69. The predicted molar refractivity (Wildman–Crippen MR) is 70.4 cm³/mol. The molecule has 0 aliphatic carbocycles. The Bertz CT molecular complexity index is 330. The fraction of sp³-hybridized carbons (Fsp3) is 0.571. The highest BCUT2D eigenvalue weighted by molar-refractivity contribution is 5.30. The second-order valence-electron chi connectivity index (χ2n) is 4.83. The molecule has 0 amide bonds. The highest BCUT2D eigenvalue weighted by Gasteiger charge is 2.14. The molecule has 0 radical (unpaired) electrons. The lowest BCUT2D eigenvalue weighted by Gasteiger charge is -2.21. The van der Waals surface area contributed by atoms with E-state index in [1.807, 2.05) is 0 Å². The van der Waals surface area contributed by atoms with Gasteiger partial charge in [0.25, 0.3) is 0 Å². The molecule has 0 saturated carbocycles. The van der Waals surface area contributed by atoms with Crippen molar-refractivity contribution in [3.63, 3.8) is 0 Å². The van der Waals surface area contributed by atoms with Gasteiger partial charge < -0.3 is 11.5 Å². The van der Waals surface area contributed by atoms with Crippen LogP contribution in [0.5, 0.6) is 0 Å². The van der Waals surface area contributed by atoms with Crippen LogP contribution in [0.1, 0.15) is 23.6 Å². The van der Waals surface area contributed by atoms with Crippen LogP contribution >= 0.6 is 0 Å². The van der Waals surface area contributed by atoms with Crippen LogP contribution in [-0.2, 0) is 6.42 Å². The molecule has 0 saturated heterocycles. The van der Waals surface area contributed by atoms with Gasteiger partial charge in [-0.15, -0.1) is 0 Å². The Labute approximate surface area is 99.0 Å². The molecule has 0 heterocycles. The monoisotopic (exact) mass is 220 g/mol. The Morgan fingerprint density at radius 3 is 2.19 bits per heavy atom. The number of rotatable bonds is 5. The third-order valence-electron chi connectivity index (χ3n) is 3.54. The molecule has 1 rings (SSSR count). The van der Waals surface area contributed by atoms with Crippen molar-refractivity contribution >= 4 is 0 Å². The summed E-state index contributed by atoms with van der Waals surface area (Å²) in [5.74, 6) is 0.985. The summed E-state index contributed by atoms with van der Waals surface area (Å²) < 4.78 is 0. The number of hydrogen-bond donors (Lipinski definition) is 2. The van der Waals surface area contributed by atoms with Gasteiger partial charge in [0.2, 0.25) is 0 Å². The molecule has 1 unspecified atom stereocenters. The van der Waals surface area contributed by atoms with E-state index in [1.165, 1.54) is 16.7 Å². The van der Waals surface area contributed by atoms with Gasteiger partial charge >= 0.3 is 0 Å². The third-order valence-corrected chi connectivity index (χ3v) is 3.54. The van der Waals surface area contributed by atoms with Crippen LogP contribution in [0.15, 0.2) is 18.2 Å². The molecule has 1 aromatic carbocycles. The molecule has 16 heavy (non-hydrogen) atoms. The minimum atomic E-state index is 0.432. The maximum atomic E-state index is 5.71. The number of nitrogens with two attached hydrogens (primary N) is 2. The van der Waals surface area contributed by atoms with Gasteiger partial charge in [-0.05, 0) is 61.9 Å². The molecule has 1 aromatic rings. The van der Waals surface area contributed by atoms with Crippen molar-refractivity contribution in [1.29, 1.82) is 0 Å². The highest BCUT2D eigenvalue weighted by Crippen LogP contribution is 2.18. The van der Waals surface area contributed by atoms with Gasteiger partial charge in [-0.25, -0.2) is 0 Å². The van der Waals surface area contributed by atoms with Crippen LogP contribution < -0.4 is 11.5 Å². The van der Waals surface area contributed by atoms with Crippen molar-refractivity contribution in [2.45, 2.75) is 27.2 Å². The average molecular weight is 220 g/mol. The predicted octanol–water partition coefficient (Wildman–Crippen LogP) is 2.02. The lowest BCUT2D eigenvalue weighted by atomic mass is 9.87. The smallest absolute Gasteiger partial charge is 0.00341 e. The van der Waals surface area contributed by atoms with Crippen LogP contribution in [0.25, 0.3) is 0 Å². The van der Waals surface area contributed by atoms with Gasteiger partial charge in [-0.1, -0.05) is 25.1 Å². The molecule has 1 atom stereocenters. The fourth-order valence-electron chi connectivity index (χ4n) is 2.03. The lowest BCUT2D eigenvalue weighted by Crippen LogP contribution is -2.30. The summed E-state index contributed by atoms with van der Waals surface area (Å²) in [4.78, 5) is 0. The average Bonchev–Trinajstić information content (AvgIpc) is 2.25. The van der Waals surface area contributed by atoms with Gasteiger partial charge in [0.1, 0.15) is 0 Å². The van der Waals surface area contributed by atoms with Crippen LogP contribution in [0, 0.1) is 25.7 Å². The maximum absolute atomic E-state index is 5.71. The highest BCUT2D eigenvalue weighted by atomic mass is 14.6. The molecule has 0 fully saturated rings. The summed E-state index contributed by atoms with van der Waals surface area (Å²) in [5.41, 5.74) is 15.5. The van der Waals surface area contributed by atoms with E-state index in [9.17, 15) is 0 Å². The van der Waals surface area contributed by atoms with Gasteiger partial charge in [0.05, 0.1) is 0 Å². The van der Waals surface area contributed by atoms with Crippen LogP contribution in [0.2, 0.25) is 0 Å².